The molecule has 3 aromatic carbocycles. The van der Waals surface area contributed by atoms with Gasteiger partial charge >= 0.3 is 11.9 Å². The summed E-state index contributed by atoms with van der Waals surface area (Å²) in [7, 11) is 5.79. The van der Waals surface area contributed by atoms with Crippen molar-refractivity contribution in [2.24, 2.45) is 10.8 Å². The zero-order valence-electron chi connectivity index (χ0n) is 39.5. The minimum Gasteiger partial charge on any atom is -0.494 e. The fourth-order valence-corrected chi connectivity index (χ4v) is 10.3. The van der Waals surface area contributed by atoms with Crippen molar-refractivity contribution in [1.82, 2.24) is 29.0 Å². The number of ether oxygens (including phenoxy) is 6. The van der Waals surface area contributed by atoms with Crippen LogP contribution in [0.25, 0.3) is 22.1 Å². The highest BCUT2D eigenvalue weighted by Crippen LogP contribution is 2.52. The van der Waals surface area contributed by atoms with Gasteiger partial charge in [0.15, 0.2) is 11.5 Å². The molecule has 17 nitrogen and oxygen atoms in total. The monoisotopic (exact) mass is 987 g/mol. The molecule has 0 radical (unpaired) electrons. The van der Waals surface area contributed by atoms with Gasteiger partial charge in [-0.15, -0.1) is 11.6 Å². The van der Waals surface area contributed by atoms with Crippen molar-refractivity contribution in [2.45, 2.75) is 88.8 Å². The van der Waals surface area contributed by atoms with Gasteiger partial charge in [0.25, 0.3) is 5.79 Å². The largest absolute Gasteiger partial charge is 0.494 e. The lowest BCUT2D eigenvalue weighted by Crippen LogP contribution is -2.64. The molecule has 0 N–H and O–H groups in total. The molecule has 19 heteroatoms. The number of fused-ring (bicyclic) bond motifs is 4. The van der Waals surface area contributed by atoms with Crippen molar-refractivity contribution in [2.75, 3.05) is 46.4 Å². The molecule has 4 fully saturated rings. The number of imidazole rings is 2. The predicted molar refractivity (Wildman–Crippen MR) is 258 cm³/mol. The number of anilines is 1. The van der Waals surface area contributed by atoms with Gasteiger partial charge in [-0.2, -0.15) is 10.5 Å². The lowest BCUT2D eigenvalue weighted by Gasteiger charge is -2.54. The Labute approximate surface area is 414 Å². The molecule has 362 valence electrons. The molecule has 5 heterocycles. The second kappa shape index (κ2) is 18.2. The Morgan fingerprint density at radius 3 is 1.87 bits per heavy atom. The number of esters is 2. The minimum atomic E-state index is -1.06. The number of carbonyl (C=O) groups is 2. The number of benzene rings is 3. The third-order valence-corrected chi connectivity index (χ3v) is 14.9. The first-order valence-electron chi connectivity index (χ1n) is 23.2. The number of pyridine rings is 1. The Bertz CT molecular complexity index is 3140. The van der Waals surface area contributed by atoms with E-state index in [1.54, 1.807) is 37.6 Å². The Morgan fingerprint density at radius 2 is 1.37 bits per heavy atom. The molecular weight excluding hydrogens is 938 g/mol. The van der Waals surface area contributed by atoms with Crippen molar-refractivity contribution >= 4 is 62.9 Å². The number of rotatable bonds is 13. The molecule has 6 aromatic rings. The summed E-state index contributed by atoms with van der Waals surface area (Å²) in [5.74, 6) is 2.20. The highest BCUT2D eigenvalue weighted by Gasteiger charge is 2.49. The summed E-state index contributed by atoms with van der Waals surface area (Å²) < 4.78 is 37.8. The van der Waals surface area contributed by atoms with Gasteiger partial charge in [-0.05, 0) is 87.1 Å². The van der Waals surface area contributed by atoms with Crippen LogP contribution in [0.3, 0.4) is 0 Å². The summed E-state index contributed by atoms with van der Waals surface area (Å²) in [6.07, 6.45) is 7.14. The number of carbonyl (C=O) groups excluding carboxylic acids is 2. The third-order valence-electron chi connectivity index (χ3n) is 14.4. The number of nitriles is 2. The van der Waals surface area contributed by atoms with Crippen molar-refractivity contribution in [1.29, 1.82) is 10.5 Å². The maximum absolute atomic E-state index is 12.5. The van der Waals surface area contributed by atoms with Crippen LogP contribution in [0.5, 0.6) is 23.0 Å². The third kappa shape index (κ3) is 8.33. The van der Waals surface area contributed by atoms with Gasteiger partial charge in [-0.3, -0.25) is 9.88 Å². The molecule has 3 aliphatic carbocycles. The molecule has 0 unspecified atom stereocenters. The van der Waals surface area contributed by atoms with Crippen LogP contribution in [0.4, 0.5) is 5.69 Å². The molecule has 3 atom stereocenters. The second-order valence-electron chi connectivity index (χ2n) is 18.7. The standard InChI is InChI=1S/C35H35ClN6O5.C16H16ClN3O3/c1-34(29-10-7-22(36)17-38-29)46-27-6-4-5-25(32(27)47-34)41-14-13-40(23-8-9-24(23)41)18-30-39-31-26(42(30)20-35(19-37)11-12-35)15-21(33(43)45-3)16-28(31)44-2;1-22-12-6-10(15(21)23-2)5-11-14(12)19-13(7-17)20(11)9-16(8-18)3-4-16/h4-7,10,15-17,23-24H,8-9,11-14,18,20H2,1-3H3;5-6H,3-4,7,9H2,1-2H3/t23-,24-,34-;/m1./s1. The summed E-state index contributed by atoms with van der Waals surface area (Å²) in [6, 6.07) is 22.0. The Balaban J connectivity index is 0.000000207. The molecule has 3 saturated carbocycles. The first kappa shape index (κ1) is 46.9. The summed E-state index contributed by atoms with van der Waals surface area (Å²) >= 11 is 12.1. The van der Waals surface area contributed by atoms with E-state index in [1.807, 2.05) is 35.8 Å². The molecular formula is C51H51Cl2N9O8. The molecule has 0 spiro atoms. The molecule has 11 rings (SSSR count). The summed E-state index contributed by atoms with van der Waals surface area (Å²) in [5, 5.41) is 19.9. The van der Waals surface area contributed by atoms with Gasteiger partial charge < -0.3 is 42.5 Å². The number of methoxy groups -OCH3 is 4. The highest BCUT2D eigenvalue weighted by atomic mass is 35.5. The van der Waals surface area contributed by atoms with E-state index in [-0.39, 0.29) is 11.3 Å². The average Bonchev–Trinajstić information content (AvgIpc) is 4.23. The summed E-state index contributed by atoms with van der Waals surface area (Å²) in [6.45, 7) is 5.15. The number of aromatic nitrogens is 5. The zero-order valence-corrected chi connectivity index (χ0v) is 41.0. The average molecular weight is 989 g/mol. The Kier molecular flexibility index (Phi) is 12.2. The van der Waals surface area contributed by atoms with Crippen LogP contribution in [0.1, 0.15) is 83.5 Å². The lowest BCUT2D eigenvalue weighted by molar-refractivity contribution is -0.0717. The van der Waals surface area contributed by atoms with Gasteiger partial charge in [0.1, 0.15) is 39.9 Å². The number of hydrogen-bond donors (Lipinski definition) is 0. The topological polar surface area (TPSA) is 192 Å². The second-order valence-corrected chi connectivity index (χ2v) is 19.4. The van der Waals surface area contributed by atoms with Crippen LogP contribution in [0.15, 0.2) is 60.8 Å². The highest BCUT2D eigenvalue weighted by molar-refractivity contribution is 6.30. The van der Waals surface area contributed by atoms with Crippen LogP contribution in [-0.2, 0) is 40.8 Å². The van der Waals surface area contributed by atoms with Crippen molar-refractivity contribution < 1.29 is 38.0 Å². The number of halogens is 2. The maximum Gasteiger partial charge on any atom is 0.338 e. The first-order chi connectivity index (χ1) is 33.8. The molecule has 1 saturated heterocycles. The first-order valence-corrected chi connectivity index (χ1v) is 24.1. The van der Waals surface area contributed by atoms with Gasteiger partial charge in [0, 0.05) is 51.4 Å². The number of nitrogens with zero attached hydrogens (tertiary/aromatic N) is 9. The van der Waals surface area contributed by atoms with Crippen LogP contribution in [0.2, 0.25) is 5.02 Å². The van der Waals surface area contributed by atoms with E-state index in [0.717, 1.165) is 79.9 Å². The Morgan fingerprint density at radius 1 is 0.786 bits per heavy atom. The molecule has 3 aromatic heterocycles. The number of para-hydroxylation sites is 1. The smallest absolute Gasteiger partial charge is 0.338 e. The van der Waals surface area contributed by atoms with Crippen LogP contribution >= 0.6 is 23.2 Å². The Hall–Kier alpha value is -6.79. The van der Waals surface area contributed by atoms with E-state index in [4.69, 9.17) is 56.6 Å². The minimum absolute atomic E-state index is 0.215. The quantitative estimate of drug-likeness (QED) is 0.0789. The van der Waals surface area contributed by atoms with Gasteiger partial charge in [-0.25, -0.2) is 19.6 Å². The van der Waals surface area contributed by atoms with E-state index in [9.17, 15) is 20.1 Å². The van der Waals surface area contributed by atoms with Crippen molar-refractivity contribution in [3.05, 3.63) is 94.3 Å². The number of piperazine rings is 1. The number of hydrogen-bond acceptors (Lipinski definition) is 15. The van der Waals surface area contributed by atoms with E-state index < -0.39 is 23.1 Å². The molecule has 0 bridgehead atoms. The fraction of sp³-hybridized carbons (Fsp3) is 0.431. The fourth-order valence-electron chi connectivity index (χ4n) is 9.94. The zero-order chi connectivity index (χ0) is 49.1. The molecule has 2 aliphatic heterocycles. The van der Waals surface area contributed by atoms with Crippen LogP contribution < -0.4 is 23.8 Å². The van der Waals surface area contributed by atoms with Gasteiger partial charge in [0.05, 0.1) is 96.7 Å². The van der Waals surface area contributed by atoms with Crippen molar-refractivity contribution in [3.63, 3.8) is 0 Å². The normalized spacial score (nSPS) is 21.1. The summed E-state index contributed by atoms with van der Waals surface area (Å²) in [5.41, 5.74) is 4.48. The van der Waals surface area contributed by atoms with E-state index in [1.165, 1.54) is 21.3 Å². The SMILES string of the molecule is COC(=O)c1cc(OC)c2nc(CCl)n(CC3(C#N)CC3)c2c1.COC(=O)c1cc(OC)c2nc(CN3CCN(c4cccc5c4O[C@](C)(c4ccc(Cl)cn4)O5)[C@@H]4CC[C@H]43)n(CC3(C#N)CC3)c2c1. The molecule has 0 amide bonds. The van der Waals surface area contributed by atoms with Crippen LogP contribution in [0, 0.1) is 33.5 Å². The van der Waals surface area contributed by atoms with Gasteiger partial charge in [0.2, 0.25) is 0 Å². The molecule has 5 aliphatic rings. The van der Waals surface area contributed by atoms with E-state index in [2.05, 4.69) is 42.5 Å². The summed E-state index contributed by atoms with van der Waals surface area (Å²) in [4.78, 5) is 43.4. The van der Waals surface area contributed by atoms with E-state index >= 15 is 0 Å². The van der Waals surface area contributed by atoms with Crippen LogP contribution in [-0.4, -0.2) is 94.5 Å². The number of alkyl halides is 1. The molecule has 70 heavy (non-hydrogen) atoms. The van der Waals surface area contributed by atoms with E-state index in [0.29, 0.717) is 87.7 Å². The van der Waals surface area contributed by atoms with Crippen molar-refractivity contribution in [3.8, 4) is 35.1 Å². The maximum atomic E-state index is 12.5. The van der Waals surface area contributed by atoms with Gasteiger partial charge in [-0.1, -0.05) is 17.7 Å². The predicted octanol–water partition coefficient (Wildman–Crippen LogP) is 8.56. The lowest BCUT2D eigenvalue weighted by atomic mass is 9.81.